The number of amides is 3. The first kappa shape index (κ1) is 25.2. The lowest BCUT2D eigenvalue weighted by molar-refractivity contribution is 0.0792. The number of carbonyl (C=O) groups is 3. The fourth-order valence-electron chi connectivity index (χ4n) is 4.90. The minimum atomic E-state index is -1.08. The Morgan fingerprint density at radius 2 is 1.95 bits per heavy atom. The van der Waals surface area contributed by atoms with Gasteiger partial charge < -0.3 is 25.6 Å². The second-order valence-electron chi connectivity index (χ2n) is 9.79. The van der Waals surface area contributed by atoms with Gasteiger partial charge in [0.2, 0.25) is 0 Å². The van der Waals surface area contributed by atoms with Gasteiger partial charge in [-0.05, 0) is 44.5 Å². The maximum absolute atomic E-state index is 13.6. The average Bonchev–Trinajstić information content (AvgIpc) is 3.48. The molecule has 2 aliphatic heterocycles. The maximum atomic E-state index is 13.6. The molecule has 3 amide bonds. The highest BCUT2D eigenvalue weighted by Crippen LogP contribution is 2.26. The van der Waals surface area contributed by atoms with Gasteiger partial charge in [0.1, 0.15) is 11.5 Å². The van der Waals surface area contributed by atoms with Crippen molar-refractivity contribution in [2.75, 3.05) is 19.6 Å². The summed E-state index contributed by atoms with van der Waals surface area (Å²) in [6, 6.07) is 5.03. The minimum absolute atomic E-state index is 0.0378. The van der Waals surface area contributed by atoms with Crippen LogP contribution in [0.25, 0.3) is 10.9 Å². The lowest BCUT2D eigenvalue weighted by Gasteiger charge is -2.37. The smallest absolute Gasteiger partial charge is 0.407 e. The Labute approximate surface area is 216 Å². The van der Waals surface area contributed by atoms with E-state index in [0.29, 0.717) is 28.4 Å². The lowest BCUT2D eigenvalue weighted by atomic mass is 9.99. The second-order valence-corrected chi connectivity index (χ2v) is 10.9. The number of fused-ring (bicyclic) bond motifs is 2. The molecule has 2 aromatic heterocycles. The molecule has 2 unspecified atom stereocenters. The summed E-state index contributed by atoms with van der Waals surface area (Å²) in [6.45, 7) is 6.18. The number of piperidine rings is 1. The summed E-state index contributed by atoms with van der Waals surface area (Å²) in [6.07, 6.45) is 0.0241. The van der Waals surface area contributed by atoms with Gasteiger partial charge in [0.05, 0.1) is 17.8 Å². The summed E-state index contributed by atoms with van der Waals surface area (Å²) in [5, 5.41) is 16.3. The molecule has 196 valence electrons. The van der Waals surface area contributed by atoms with Gasteiger partial charge in [0.25, 0.3) is 11.8 Å². The Bertz CT molecular complexity index is 1350. The number of benzene rings is 1. The summed E-state index contributed by atoms with van der Waals surface area (Å²) in [4.78, 5) is 50.0. The van der Waals surface area contributed by atoms with E-state index in [2.05, 4.69) is 39.3 Å². The Kier molecular flexibility index (Phi) is 6.86. The molecule has 1 saturated heterocycles. The quantitative estimate of drug-likeness (QED) is 0.403. The van der Waals surface area contributed by atoms with Gasteiger partial charge in [-0.1, -0.05) is 0 Å². The molecule has 1 aromatic carbocycles. The van der Waals surface area contributed by atoms with E-state index in [1.807, 2.05) is 0 Å². The first-order valence-corrected chi connectivity index (χ1v) is 13.1. The first-order chi connectivity index (χ1) is 17.7. The molecular weight excluding hydrogens is 499 g/mol. The first-order valence-electron chi connectivity index (χ1n) is 12.3. The van der Waals surface area contributed by atoms with Crippen LogP contribution in [0.5, 0.6) is 0 Å². The van der Waals surface area contributed by atoms with E-state index in [1.54, 1.807) is 12.1 Å². The Morgan fingerprint density at radius 3 is 2.70 bits per heavy atom. The lowest BCUT2D eigenvalue weighted by Crippen LogP contribution is -2.61. The van der Waals surface area contributed by atoms with Crippen LogP contribution in [0.3, 0.4) is 0 Å². The third kappa shape index (κ3) is 5.30. The van der Waals surface area contributed by atoms with Crippen LogP contribution in [-0.2, 0) is 13.0 Å². The van der Waals surface area contributed by atoms with Gasteiger partial charge in [0, 0.05) is 54.4 Å². The van der Waals surface area contributed by atoms with Gasteiger partial charge in [-0.15, -0.1) is 11.3 Å². The van der Waals surface area contributed by atoms with Crippen LogP contribution >= 0.6 is 11.3 Å². The fourth-order valence-corrected chi connectivity index (χ4v) is 5.94. The van der Waals surface area contributed by atoms with E-state index in [1.165, 1.54) is 28.4 Å². The van der Waals surface area contributed by atoms with Crippen molar-refractivity contribution in [1.29, 1.82) is 0 Å². The highest BCUT2D eigenvalue weighted by atomic mass is 32.1. The molecule has 4 N–H and O–H groups in total. The number of hydrogen-bond acceptors (Lipinski definition) is 6. The molecule has 5 rings (SSSR count). The summed E-state index contributed by atoms with van der Waals surface area (Å²) in [5.41, 5.74) is 1.82. The van der Waals surface area contributed by atoms with E-state index >= 15 is 0 Å². The molecule has 12 heteroatoms. The van der Waals surface area contributed by atoms with Crippen molar-refractivity contribution in [2.24, 2.45) is 0 Å². The number of carboxylic acid groups (broad SMARTS) is 1. The molecular formula is C25H29FN6O4S. The largest absolute Gasteiger partial charge is 0.465 e. The number of likely N-dealkylation sites (tertiary alicyclic amines) is 1. The van der Waals surface area contributed by atoms with Crippen LogP contribution in [0.2, 0.25) is 0 Å². The highest BCUT2D eigenvalue weighted by Gasteiger charge is 2.35. The Balaban J connectivity index is 1.31. The van der Waals surface area contributed by atoms with E-state index in [-0.39, 0.29) is 24.7 Å². The van der Waals surface area contributed by atoms with Crippen LogP contribution in [0, 0.1) is 5.82 Å². The molecule has 10 nitrogen and oxygen atoms in total. The van der Waals surface area contributed by atoms with E-state index in [4.69, 9.17) is 0 Å². The van der Waals surface area contributed by atoms with Gasteiger partial charge in [0.15, 0.2) is 5.01 Å². The molecule has 2 aliphatic rings. The standard InChI is InChI=1S/C25H29FN6O4S/c1-13(2)31-7-6-18-21(12-31)37-24(30-18)23(34)29-20-11-32(25(35)36)8-5-17(20)28-22(33)19-10-14-9-15(26)3-4-16(14)27-19/h3-4,9-10,13,17,20,27H,5-8,11-12H2,1-2H3,(H,28,33)(H,29,34)(H,35,36). The number of aromatic nitrogens is 2. The third-order valence-electron chi connectivity index (χ3n) is 7.03. The molecule has 3 aromatic rings. The zero-order valence-electron chi connectivity index (χ0n) is 20.6. The van der Waals surface area contributed by atoms with Crippen LogP contribution in [-0.4, -0.2) is 80.5 Å². The molecule has 4 heterocycles. The third-order valence-corrected chi connectivity index (χ3v) is 8.11. The van der Waals surface area contributed by atoms with Crippen LogP contribution in [0.4, 0.5) is 9.18 Å². The number of H-pyrrole nitrogens is 1. The molecule has 0 spiro atoms. The van der Waals surface area contributed by atoms with Crippen LogP contribution in [0.1, 0.15) is 51.1 Å². The Morgan fingerprint density at radius 1 is 1.16 bits per heavy atom. The number of nitrogens with zero attached hydrogens (tertiary/aromatic N) is 3. The van der Waals surface area contributed by atoms with Crippen molar-refractivity contribution in [3.8, 4) is 0 Å². The van der Waals surface area contributed by atoms with Crippen molar-refractivity contribution in [3.05, 3.63) is 51.4 Å². The monoisotopic (exact) mass is 528 g/mol. The van der Waals surface area contributed by atoms with E-state index in [9.17, 15) is 23.9 Å². The van der Waals surface area contributed by atoms with Crippen molar-refractivity contribution in [3.63, 3.8) is 0 Å². The molecule has 1 fully saturated rings. The topological polar surface area (TPSA) is 131 Å². The van der Waals surface area contributed by atoms with Crippen LogP contribution in [0.15, 0.2) is 24.3 Å². The number of thiazole rings is 1. The molecule has 37 heavy (non-hydrogen) atoms. The number of carbonyl (C=O) groups excluding carboxylic acids is 2. The second kappa shape index (κ2) is 10.1. The SMILES string of the molecule is CC(C)N1CCc2nc(C(=O)NC3CN(C(=O)O)CCC3NC(=O)c3cc4cc(F)ccc4[nH]3)sc2C1. The summed E-state index contributed by atoms with van der Waals surface area (Å²) in [5.74, 6) is -1.20. The normalized spacial score (nSPS) is 20.2. The van der Waals surface area contributed by atoms with Gasteiger partial charge in [-0.2, -0.15) is 0 Å². The highest BCUT2D eigenvalue weighted by molar-refractivity contribution is 7.13. The maximum Gasteiger partial charge on any atom is 0.407 e. The summed E-state index contributed by atoms with van der Waals surface area (Å²) < 4.78 is 13.6. The molecule has 2 atom stereocenters. The summed E-state index contributed by atoms with van der Waals surface area (Å²) in [7, 11) is 0. The molecule has 0 aliphatic carbocycles. The van der Waals surface area contributed by atoms with Gasteiger partial charge >= 0.3 is 6.09 Å². The zero-order chi connectivity index (χ0) is 26.3. The predicted octanol–water partition coefficient (Wildman–Crippen LogP) is 2.81. The zero-order valence-corrected chi connectivity index (χ0v) is 21.4. The number of halogens is 1. The number of aromatic amines is 1. The van der Waals surface area contributed by atoms with Crippen molar-refractivity contribution in [2.45, 2.75) is 51.4 Å². The molecule has 0 saturated carbocycles. The minimum Gasteiger partial charge on any atom is -0.465 e. The van der Waals surface area contributed by atoms with Gasteiger partial charge in [-0.3, -0.25) is 14.5 Å². The van der Waals surface area contributed by atoms with E-state index in [0.717, 1.165) is 30.1 Å². The summed E-state index contributed by atoms with van der Waals surface area (Å²) >= 11 is 1.36. The number of hydrogen-bond donors (Lipinski definition) is 4. The van der Waals surface area contributed by atoms with Crippen molar-refractivity contribution in [1.82, 2.24) is 30.4 Å². The van der Waals surface area contributed by atoms with Gasteiger partial charge in [-0.25, -0.2) is 14.2 Å². The molecule has 0 bridgehead atoms. The van der Waals surface area contributed by atoms with Crippen molar-refractivity contribution < 1.29 is 23.9 Å². The van der Waals surface area contributed by atoms with E-state index < -0.39 is 29.9 Å². The number of nitrogens with one attached hydrogen (secondary N) is 3. The Hall–Kier alpha value is -3.51. The average molecular weight is 529 g/mol. The molecule has 0 radical (unpaired) electrons. The van der Waals surface area contributed by atoms with Crippen molar-refractivity contribution >= 4 is 40.1 Å². The fraction of sp³-hybridized carbons (Fsp3) is 0.440. The number of rotatable bonds is 5. The predicted molar refractivity (Wildman–Crippen MR) is 136 cm³/mol. The van der Waals surface area contributed by atoms with Crippen LogP contribution < -0.4 is 10.6 Å².